The van der Waals surface area contributed by atoms with Crippen molar-refractivity contribution in [3.05, 3.63) is 0 Å². The minimum atomic E-state index is -0.700. The highest BCUT2D eigenvalue weighted by molar-refractivity contribution is 5.95. The van der Waals surface area contributed by atoms with Crippen LogP contribution in [0.1, 0.15) is 53.4 Å². The lowest BCUT2D eigenvalue weighted by molar-refractivity contribution is -0.150. The molecule has 2 heterocycles. The van der Waals surface area contributed by atoms with E-state index in [4.69, 9.17) is 9.47 Å². The van der Waals surface area contributed by atoms with E-state index < -0.39 is 29.7 Å². The summed E-state index contributed by atoms with van der Waals surface area (Å²) < 4.78 is 9.89. The van der Waals surface area contributed by atoms with Crippen molar-refractivity contribution in [1.29, 1.82) is 0 Å². The molecule has 30 heavy (non-hydrogen) atoms. The van der Waals surface area contributed by atoms with Gasteiger partial charge in [0.2, 0.25) is 11.8 Å². The van der Waals surface area contributed by atoms with E-state index in [9.17, 15) is 24.0 Å². The molecule has 2 atom stereocenters. The number of carbonyl (C=O) groups is 5. The van der Waals surface area contributed by atoms with Crippen molar-refractivity contribution >= 4 is 29.7 Å². The van der Waals surface area contributed by atoms with E-state index in [0.29, 0.717) is 38.8 Å². The van der Waals surface area contributed by atoms with Crippen molar-refractivity contribution in [3.63, 3.8) is 0 Å². The topological polar surface area (TPSA) is 122 Å². The summed E-state index contributed by atoms with van der Waals surface area (Å²) in [5, 5.41) is 2.42. The van der Waals surface area contributed by atoms with Crippen molar-refractivity contribution in [2.45, 2.75) is 71.1 Å². The molecule has 0 bridgehead atoms. The van der Waals surface area contributed by atoms with Crippen LogP contribution in [0.3, 0.4) is 0 Å². The number of nitrogens with zero attached hydrogens (tertiary/aromatic N) is 2. The zero-order valence-corrected chi connectivity index (χ0v) is 18.1. The van der Waals surface area contributed by atoms with Crippen LogP contribution < -0.4 is 5.32 Å². The molecule has 2 aliphatic rings. The van der Waals surface area contributed by atoms with Crippen LogP contribution in [0.2, 0.25) is 0 Å². The van der Waals surface area contributed by atoms with E-state index in [0.717, 1.165) is 0 Å². The summed E-state index contributed by atoms with van der Waals surface area (Å²) in [7, 11) is 0. The second-order valence-electron chi connectivity index (χ2n) is 8.54. The molecule has 3 amide bonds. The summed E-state index contributed by atoms with van der Waals surface area (Å²) in [6.07, 6.45) is 1.64. The molecule has 10 nitrogen and oxygen atoms in total. The first-order chi connectivity index (χ1) is 14.0. The Hall–Kier alpha value is -2.65. The molecule has 2 aliphatic heterocycles. The van der Waals surface area contributed by atoms with Crippen LogP contribution >= 0.6 is 0 Å². The van der Waals surface area contributed by atoms with Gasteiger partial charge in [-0.2, -0.15) is 0 Å². The first kappa shape index (κ1) is 23.6. The number of Topliss-reactive ketones (excluding diaryl/α,β-unsaturated/α-hetero) is 1. The summed E-state index contributed by atoms with van der Waals surface area (Å²) in [4.78, 5) is 63.7. The van der Waals surface area contributed by atoms with Gasteiger partial charge >= 0.3 is 12.1 Å². The number of nitrogens with one attached hydrogen (secondary N) is 1. The van der Waals surface area contributed by atoms with E-state index >= 15 is 0 Å². The van der Waals surface area contributed by atoms with Gasteiger partial charge in [0.1, 0.15) is 18.2 Å². The number of alkyl carbamates (subject to hydrolysis) is 1. The minimum Gasteiger partial charge on any atom is -0.458 e. The summed E-state index contributed by atoms with van der Waals surface area (Å²) >= 11 is 0. The monoisotopic (exact) mass is 425 g/mol. The molecule has 10 heteroatoms. The van der Waals surface area contributed by atoms with Crippen LogP contribution in [0.15, 0.2) is 0 Å². The molecule has 168 valence electrons. The number of rotatable bonds is 6. The SMILES string of the molecule is CC(=O)OCC(=O)[C@@H]1CCCN1C(=O)[C@@H]1CCCN1C(=O)CNC(=O)OC(C)(C)C. The van der Waals surface area contributed by atoms with Gasteiger partial charge < -0.3 is 24.6 Å². The van der Waals surface area contributed by atoms with Crippen LogP contribution in [-0.4, -0.2) is 83.4 Å². The van der Waals surface area contributed by atoms with E-state index in [1.807, 2.05) is 0 Å². The fraction of sp³-hybridized carbons (Fsp3) is 0.750. The van der Waals surface area contributed by atoms with Crippen molar-refractivity contribution in [2.24, 2.45) is 0 Å². The second-order valence-corrected chi connectivity index (χ2v) is 8.54. The first-order valence-electron chi connectivity index (χ1n) is 10.2. The highest BCUT2D eigenvalue weighted by Crippen LogP contribution is 2.25. The summed E-state index contributed by atoms with van der Waals surface area (Å²) in [5.41, 5.74) is -0.678. The molecular formula is C20H31N3O7. The van der Waals surface area contributed by atoms with Crippen LogP contribution in [-0.2, 0) is 28.7 Å². The van der Waals surface area contributed by atoms with Crippen molar-refractivity contribution < 1.29 is 33.4 Å². The smallest absolute Gasteiger partial charge is 0.408 e. The Balaban J connectivity index is 1.95. The Kier molecular flexibility index (Phi) is 7.80. The van der Waals surface area contributed by atoms with E-state index in [2.05, 4.69) is 5.32 Å². The third-order valence-corrected chi connectivity index (χ3v) is 4.97. The number of likely N-dealkylation sites (tertiary alicyclic amines) is 2. The summed E-state index contributed by atoms with van der Waals surface area (Å²) in [6.45, 7) is 6.58. The number of hydrogen-bond donors (Lipinski definition) is 1. The predicted molar refractivity (Wildman–Crippen MR) is 105 cm³/mol. The third-order valence-electron chi connectivity index (χ3n) is 4.97. The molecule has 0 aromatic heterocycles. The van der Waals surface area contributed by atoms with Crippen LogP contribution in [0, 0.1) is 0 Å². The third kappa shape index (κ3) is 6.43. The van der Waals surface area contributed by atoms with Crippen LogP contribution in [0.5, 0.6) is 0 Å². The molecule has 0 unspecified atom stereocenters. The minimum absolute atomic E-state index is 0.270. The molecule has 0 aromatic carbocycles. The van der Waals surface area contributed by atoms with E-state index in [1.165, 1.54) is 16.7 Å². The number of esters is 1. The largest absolute Gasteiger partial charge is 0.458 e. The molecule has 1 N–H and O–H groups in total. The molecule has 0 aliphatic carbocycles. The van der Waals surface area contributed by atoms with E-state index in [-0.39, 0.29) is 30.7 Å². The van der Waals surface area contributed by atoms with Gasteiger partial charge in [0.05, 0.1) is 6.04 Å². The molecule has 0 spiro atoms. The van der Waals surface area contributed by atoms with Gasteiger partial charge in [-0.25, -0.2) is 4.79 Å². The molecule has 2 fully saturated rings. The van der Waals surface area contributed by atoms with Crippen molar-refractivity contribution in [3.8, 4) is 0 Å². The highest BCUT2D eigenvalue weighted by Gasteiger charge is 2.42. The quantitative estimate of drug-likeness (QED) is 0.619. The number of carbonyl (C=O) groups excluding carboxylic acids is 5. The normalized spacial score (nSPS) is 21.3. The van der Waals surface area contributed by atoms with Crippen LogP contribution in [0.4, 0.5) is 4.79 Å². The van der Waals surface area contributed by atoms with Gasteiger partial charge in [-0.05, 0) is 46.5 Å². The fourth-order valence-electron chi connectivity index (χ4n) is 3.71. The summed E-state index contributed by atoms with van der Waals surface area (Å²) in [6, 6.07) is -1.31. The average molecular weight is 425 g/mol. The van der Waals surface area contributed by atoms with Gasteiger partial charge in [-0.15, -0.1) is 0 Å². The molecule has 0 aromatic rings. The number of ether oxygens (including phenoxy) is 2. The predicted octanol–water partition coefficient (Wildman–Crippen LogP) is 0.625. The van der Waals surface area contributed by atoms with Crippen molar-refractivity contribution in [2.75, 3.05) is 26.2 Å². The zero-order valence-electron chi connectivity index (χ0n) is 18.1. The lowest BCUT2D eigenvalue weighted by atomic mass is 10.1. The second kappa shape index (κ2) is 9.90. The molecular weight excluding hydrogens is 394 g/mol. The molecule has 2 saturated heterocycles. The number of amides is 3. The van der Waals surface area contributed by atoms with Gasteiger partial charge in [0.25, 0.3) is 0 Å². The molecule has 2 rings (SSSR count). The number of hydrogen-bond acceptors (Lipinski definition) is 7. The maximum absolute atomic E-state index is 13.1. The Morgan fingerprint density at radius 2 is 1.57 bits per heavy atom. The molecule has 0 radical (unpaired) electrons. The Labute approximate surface area is 176 Å². The lowest BCUT2D eigenvalue weighted by Gasteiger charge is -2.31. The lowest BCUT2D eigenvalue weighted by Crippen LogP contribution is -2.53. The number of ketones is 1. The molecule has 0 saturated carbocycles. The maximum Gasteiger partial charge on any atom is 0.408 e. The highest BCUT2D eigenvalue weighted by atomic mass is 16.6. The zero-order chi connectivity index (χ0) is 22.5. The first-order valence-corrected chi connectivity index (χ1v) is 10.2. The van der Waals surface area contributed by atoms with Gasteiger partial charge in [0.15, 0.2) is 12.4 Å². The van der Waals surface area contributed by atoms with E-state index in [1.54, 1.807) is 20.8 Å². The van der Waals surface area contributed by atoms with Crippen LogP contribution in [0.25, 0.3) is 0 Å². The van der Waals surface area contributed by atoms with Crippen molar-refractivity contribution in [1.82, 2.24) is 15.1 Å². The summed E-state index contributed by atoms with van der Waals surface area (Å²) in [5.74, 6) is -1.53. The average Bonchev–Trinajstić information content (AvgIpc) is 3.31. The Morgan fingerprint density at radius 3 is 2.17 bits per heavy atom. The fourth-order valence-corrected chi connectivity index (χ4v) is 3.71. The maximum atomic E-state index is 13.1. The standard InChI is InChI=1S/C20H31N3O7/c1-13(24)29-12-16(25)14-7-5-10-23(14)18(27)15-8-6-9-22(15)17(26)11-21-19(28)30-20(2,3)4/h14-15H,5-12H2,1-4H3,(H,21,28)/t14-,15-/m0/s1. The van der Waals surface area contributed by atoms with Gasteiger partial charge in [-0.1, -0.05) is 0 Å². The Bertz CT molecular complexity index is 701. The Morgan fingerprint density at radius 1 is 0.967 bits per heavy atom. The van der Waals surface area contributed by atoms with Gasteiger partial charge in [-0.3, -0.25) is 19.2 Å². The van der Waals surface area contributed by atoms with Gasteiger partial charge in [0, 0.05) is 20.0 Å².